The summed E-state index contributed by atoms with van der Waals surface area (Å²) in [5.41, 5.74) is 1.41. The summed E-state index contributed by atoms with van der Waals surface area (Å²) in [6.07, 6.45) is 5.28. The summed E-state index contributed by atoms with van der Waals surface area (Å²) >= 11 is 6.19. The van der Waals surface area contributed by atoms with Crippen molar-refractivity contribution in [2.75, 3.05) is 6.54 Å². The molecular formula is C21H18N4O3S2. The number of carbonyl (C=O) groups excluding carboxylic acids is 2. The molecule has 2 aromatic heterocycles. The van der Waals surface area contributed by atoms with Crippen molar-refractivity contribution < 1.29 is 14.0 Å². The van der Waals surface area contributed by atoms with Crippen LogP contribution in [0.1, 0.15) is 21.9 Å². The van der Waals surface area contributed by atoms with Crippen molar-refractivity contribution in [3.8, 4) is 11.3 Å². The Morgan fingerprint density at radius 3 is 2.77 bits per heavy atom. The van der Waals surface area contributed by atoms with Crippen molar-refractivity contribution >= 4 is 46.2 Å². The van der Waals surface area contributed by atoms with Crippen LogP contribution in [0.25, 0.3) is 17.4 Å². The number of benzene rings is 1. The Kier molecular flexibility index (Phi) is 5.82. The van der Waals surface area contributed by atoms with Crippen LogP contribution in [0.3, 0.4) is 0 Å². The first-order chi connectivity index (χ1) is 14.5. The van der Waals surface area contributed by atoms with Crippen molar-refractivity contribution in [2.45, 2.75) is 13.5 Å². The SMILES string of the molecule is Cc1nccn1CCNC(=O)c1ccc(-c2ccc(/C=C3/SC(=S)NC3=O)o2)cc1. The van der Waals surface area contributed by atoms with Crippen LogP contribution in [0.5, 0.6) is 0 Å². The summed E-state index contributed by atoms with van der Waals surface area (Å²) in [6, 6.07) is 10.8. The predicted octanol–water partition coefficient (Wildman–Crippen LogP) is 3.37. The van der Waals surface area contributed by atoms with E-state index in [1.54, 1.807) is 30.5 Å². The summed E-state index contributed by atoms with van der Waals surface area (Å²) in [4.78, 5) is 28.8. The quantitative estimate of drug-likeness (QED) is 0.453. The van der Waals surface area contributed by atoms with Gasteiger partial charge in [0.05, 0.1) is 4.91 Å². The molecule has 7 nitrogen and oxygen atoms in total. The summed E-state index contributed by atoms with van der Waals surface area (Å²) in [7, 11) is 0. The molecule has 0 aliphatic carbocycles. The van der Waals surface area contributed by atoms with Crippen LogP contribution in [0.15, 0.2) is 58.1 Å². The van der Waals surface area contributed by atoms with E-state index in [0.29, 0.717) is 39.4 Å². The number of thiocarbonyl (C=S) groups is 1. The van der Waals surface area contributed by atoms with E-state index in [4.69, 9.17) is 16.6 Å². The number of furan rings is 1. The van der Waals surface area contributed by atoms with Crippen molar-refractivity contribution in [2.24, 2.45) is 0 Å². The molecule has 9 heteroatoms. The number of nitrogens with one attached hydrogen (secondary N) is 2. The molecule has 3 heterocycles. The molecule has 4 rings (SSSR count). The first-order valence-corrected chi connectivity index (χ1v) is 10.4. The molecule has 1 saturated heterocycles. The lowest BCUT2D eigenvalue weighted by Gasteiger charge is -2.07. The lowest BCUT2D eigenvalue weighted by molar-refractivity contribution is -0.115. The molecule has 1 aromatic carbocycles. The standard InChI is InChI=1S/C21H18N4O3S2/c1-13-22-8-10-25(13)11-9-23-19(26)15-4-2-14(3-5-15)17-7-6-16(28-17)12-18-20(27)24-21(29)30-18/h2-8,10,12H,9,11H2,1H3,(H,23,26)(H,24,27,29)/b18-12+. The van der Waals surface area contributed by atoms with Gasteiger partial charge in [0.15, 0.2) is 0 Å². The van der Waals surface area contributed by atoms with Gasteiger partial charge in [-0.1, -0.05) is 36.1 Å². The maximum absolute atomic E-state index is 12.3. The van der Waals surface area contributed by atoms with Crippen LogP contribution in [0.2, 0.25) is 0 Å². The van der Waals surface area contributed by atoms with Gasteiger partial charge >= 0.3 is 0 Å². The molecule has 30 heavy (non-hydrogen) atoms. The van der Waals surface area contributed by atoms with Crippen LogP contribution < -0.4 is 10.6 Å². The van der Waals surface area contributed by atoms with Gasteiger partial charge in [-0.05, 0) is 31.2 Å². The Balaban J connectivity index is 1.37. The normalized spacial score (nSPS) is 14.9. The fourth-order valence-electron chi connectivity index (χ4n) is 2.95. The fourth-order valence-corrected chi connectivity index (χ4v) is 3.98. The first-order valence-electron chi connectivity index (χ1n) is 9.20. The molecule has 0 saturated carbocycles. The zero-order valence-electron chi connectivity index (χ0n) is 16.0. The first kappa shape index (κ1) is 20.1. The number of hydrogen-bond acceptors (Lipinski definition) is 6. The molecule has 0 bridgehead atoms. The molecule has 0 spiro atoms. The van der Waals surface area contributed by atoms with Crippen molar-refractivity contribution in [3.63, 3.8) is 0 Å². The number of aromatic nitrogens is 2. The lowest BCUT2D eigenvalue weighted by atomic mass is 10.1. The highest BCUT2D eigenvalue weighted by molar-refractivity contribution is 8.26. The second kappa shape index (κ2) is 8.68. The van der Waals surface area contributed by atoms with Crippen LogP contribution >= 0.6 is 24.0 Å². The van der Waals surface area contributed by atoms with E-state index in [1.165, 1.54) is 11.8 Å². The fraction of sp³-hybridized carbons (Fsp3) is 0.143. The Morgan fingerprint density at radius 1 is 1.30 bits per heavy atom. The third kappa shape index (κ3) is 4.52. The molecule has 1 aliphatic rings. The minimum Gasteiger partial charge on any atom is -0.457 e. The van der Waals surface area contributed by atoms with E-state index in [1.807, 2.05) is 35.9 Å². The summed E-state index contributed by atoms with van der Waals surface area (Å²) < 4.78 is 8.23. The van der Waals surface area contributed by atoms with Gasteiger partial charge in [-0.15, -0.1) is 0 Å². The molecular weight excluding hydrogens is 420 g/mol. The van der Waals surface area contributed by atoms with E-state index < -0.39 is 0 Å². The third-order valence-electron chi connectivity index (χ3n) is 4.54. The smallest absolute Gasteiger partial charge is 0.263 e. The second-order valence-corrected chi connectivity index (χ2v) is 8.27. The highest BCUT2D eigenvalue weighted by Gasteiger charge is 2.22. The molecule has 2 amide bonds. The summed E-state index contributed by atoms with van der Waals surface area (Å²) in [6.45, 7) is 3.11. The average Bonchev–Trinajstić information content (AvgIpc) is 3.44. The number of imidazole rings is 1. The Labute approximate surface area is 182 Å². The van der Waals surface area contributed by atoms with Crippen LogP contribution in [-0.4, -0.2) is 32.2 Å². The minimum absolute atomic E-state index is 0.135. The Morgan fingerprint density at radius 2 is 2.10 bits per heavy atom. The molecule has 0 atom stereocenters. The number of rotatable bonds is 6. The van der Waals surface area contributed by atoms with Crippen molar-refractivity contribution in [3.05, 3.63) is 70.8 Å². The predicted molar refractivity (Wildman–Crippen MR) is 120 cm³/mol. The lowest BCUT2D eigenvalue weighted by Crippen LogP contribution is -2.27. The van der Waals surface area contributed by atoms with E-state index in [2.05, 4.69) is 15.6 Å². The summed E-state index contributed by atoms with van der Waals surface area (Å²) in [5, 5.41) is 5.48. The monoisotopic (exact) mass is 438 g/mol. The molecule has 152 valence electrons. The van der Waals surface area contributed by atoms with E-state index in [9.17, 15) is 9.59 Å². The topological polar surface area (TPSA) is 89.2 Å². The van der Waals surface area contributed by atoms with Gasteiger partial charge in [0.25, 0.3) is 11.8 Å². The van der Waals surface area contributed by atoms with Gasteiger partial charge in [-0.25, -0.2) is 4.98 Å². The van der Waals surface area contributed by atoms with Gasteiger partial charge < -0.3 is 19.6 Å². The maximum atomic E-state index is 12.3. The number of hydrogen-bond donors (Lipinski definition) is 2. The number of aryl methyl sites for hydroxylation is 1. The molecule has 0 radical (unpaired) electrons. The molecule has 1 aliphatic heterocycles. The third-order valence-corrected chi connectivity index (χ3v) is 5.70. The zero-order valence-corrected chi connectivity index (χ0v) is 17.7. The highest BCUT2D eigenvalue weighted by Crippen LogP contribution is 2.28. The van der Waals surface area contributed by atoms with E-state index in [0.717, 1.165) is 11.4 Å². The number of nitrogens with zero attached hydrogens (tertiary/aromatic N) is 2. The maximum Gasteiger partial charge on any atom is 0.263 e. The minimum atomic E-state index is -0.221. The molecule has 0 unspecified atom stereocenters. The number of carbonyl (C=O) groups is 2. The van der Waals surface area contributed by atoms with Gasteiger partial charge in [0, 0.05) is 42.7 Å². The second-order valence-electron chi connectivity index (χ2n) is 6.56. The van der Waals surface area contributed by atoms with Crippen LogP contribution in [0.4, 0.5) is 0 Å². The van der Waals surface area contributed by atoms with E-state index >= 15 is 0 Å². The molecule has 3 aromatic rings. The highest BCUT2D eigenvalue weighted by atomic mass is 32.2. The largest absolute Gasteiger partial charge is 0.457 e. The number of amides is 2. The Hall–Kier alpha value is -3.17. The van der Waals surface area contributed by atoms with Crippen molar-refractivity contribution in [1.82, 2.24) is 20.2 Å². The zero-order chi connectivity index (χ0) is 21.1. The van der Waals surface area contributed by atoms with Gasteiger partial charge in [0.1, 0.15) is 21.7 Å². The van der Waals surface area contributed by atoms with Crippen LogP contribution in [-0.2, 0) is 11.3 Å². The average molecular weight is 439 g/mol. The molecule has 1 fully saturated rings. The van der Waals surface area contributed by atoms with E-state index in [-0.39, 0.29) is 11.8 Å². The number of thioether (sulfide) groups is 1. The van der Waals surface area contributed by atoms with Gasteiger partial charge in [-0.2, -0.15) is 0 Å². The van der Waals surface area contributed by atoms with Crippen LogP contribution in [0, 0.1) is 6.92 Å². The molecule has 2 N–H and O–H groups in total. The Bertz CT molecular complexity index is 1150. The van der Waals surface area contributed by atoms with Gasteiger partial charge in [0.2, 0.25) is 0 Å². The van der Waals surface area contributed by atoms with Crippen molar-refractivity contribution in [1.29, 1.82) is 0 Å². The van der Waals surface area contributed by atoms with Gasteiger partial charge in [-0.3, -0.25) is 9.59 Å². The summed E-state index contributed by atoms with van der Waals surface area (Å²) in [5.74, 6) is 1.77.